The van der Waals surface area contributed by atoms with Crippen molar-refractivity contribution in [2.75, 3.05) is 54.2 Å². The van der Waals surface area contributed by atoms with E-state index in [2.05, 4.69) is 5.18 Å². The number of hydrogen-bond acceptors (Lipinski definition) is 21. The summed E-state index contributed by atoms with van der Waals surface area (Å²) in [6.07, 6.45) is -7.49. The molecule has 0 amide bonds. The third-order valence-corrected chi connectivity index (χ3v) is 16.9. The Morgan fingerprint density at radius 2 is 1.55 bits per heavy atom. The van der Waals surface area contributed by atoms with Crippen LogP contribution in [-0.4, -0.2) is 197 Å². The van der Waals surface area contributed by atoms with Crippen LogP contribution in [0.4, 0.5) is 0 Å². The molecule has 0 bridgehead atoms. The molecular formula is C57H89N3O20. The van der Waals surface area contributed by atoms with E-state index < -0.39 is 125 Å². The summed E-state index contributed by atoms with van der Waals surface area (Å²) in [6.45, 7) is 17.2. The van der Waals surface area contributed by atoms with Crippen LogP contribution in [0, 0.1) is 28.6 Å². The van der Waals surface area contributed by atoms with Gasteiger partial charge in [-0.15, -0.1) is 0 Å². The van der Waals surface area contributed by atoms with Gasteiger partial charge >= 0.3 is 17.9 Å². The average molecular weight is 1140 g/mol. The number of benzene rings is 1. The Hall–Kier alpha value is -4.24. The van der Waals surface area contributed by atoms with E-state index in [0.29, 0.717) is 23.1 Å². The lowest BCUT2D eigenvalue weighted by Gasteiger charge is -2.49. The smallest absolute Gasteiger partial charge is 0.341 e. The Kier molecular flexibility index (Phi) is 22.3. The fourth-order valence-electron chi connectivity index (χ4n) is 12.1. The molecule has 6 rings (SSSR count). The van der Waals surface area contributed by atoms with E-state index in [9.17, 15) is 49.6 Å². The largest absolute Gasteiger partial charge is 0.491 e. The molecule has 2 aromatic rings. The molecule has 23 nitrogen and oxygen atoms in total. The predicted octanol–water partition coefficient (Wildman–Crippen LogP) is 4.75. The van der Waals surface area contributed by atoms with Crippen molar-refractivity contribution in [3.63, 3.8) is 0 Å². The summed E-state index contributed by atoms with van der Waals surface area (Å²) < 4.78 is 63.4. The van der Waals surface area contributed by atoms with Gasteiger partial charge in [0.25, 0.3) is 0 Å². The van der Waals surface area contributed by atoms with E-state index >= 15 is 0 Å². The van der Waals surface area contributed by atoms with Gasteiger partial charge in [-0.1, -0.05) is 32.9 Å². The minimum Gasteiger partial charge on any atom is -0.491 e. The summed E-state index contributed by atoms with van der Waals surface area (Å²) in [5.74, 6) is -5.92. The van der Waals surface area contributed by atoms with Gasteiger partial charge in [-0.25, -0.2) is 4.79 Å². The number of aromatic nitrogens is 1. The number of hydrogen-bond donors (Lipinski definition) is 5. The number of likely N-dealkylation sites (N-methyl/N-ethyl adjacent to an activating group) is 1. The number of esters is 2. The van der Waals surface area contributed by atoms with Crippen LogP contribution in [-0.2, 0) is 52.2 Å². The molecular weight excluding hydrogens is 1050 g/mol. The van der Waals surface area contributed by atoms with Crippen LogP contribution in [0.25, 0.3) is 10.9 Å². The van der Waals surface area contributed by atoms with Gasteiger partial charge in [0.1, 0.15) is 41.3 Å². The number of methoxy groups -OCH3 is 1. The van der Waals surface area contributed by atoms with Gasteiger partial charge in [0.15, 0.2) is 18.7 Å². The number of rotatable bonds is 21. The Bertz CT molecular complexity index is 2470. The zero-order chi connectivity index (χ0) is 59.2. The first-order valence-corrected chi connectivity index (χ1v) is 28.2. The molecule has 3 saturated heterocycles. The van der Waals surface area contributed by atoms with Crippen LogP contribution in [0.5, 0.6) is 5.75 Å². The van der Waals surface area contributed by atoms with Crippen molar-refractivity contribution in [3.05, 3.63) is 45.1 Å². The van der Waals surface area contributed by atoms with Crippen molar-refractivity contribution in [1.29, 1.82) is 0 Å². The van der Waals surface area contributed by atoms with Crippen LogP contribution in [0.2, 0.25) is 0 Å². The molecule has 5 N–H and O–H groups in total. The maximum Gasteiger partial charge on any atom is 0.341 e. The predicted molar refractivity (Wildman–Crippen MR) is 290 cm³/mol. The molecule has 1 aromatic carbocycles. The van der Waals surface area contributed by atoms with Crippen molar-refractivity contribution < 1.29 is 87.3 Å². The number of carbonyl (C=O) groups excluding carboxylic acids is 2. The lowest BCUT2D eigenvalue weighted by Crippen LogP contribution is -2.61. The van der Waals surface area contributed by atoms with Crippen LogP contribution in [0.3, 0.4) is 0 Å². The van der Waals surface area contributed by atoms with Gasteiger partial charge in [0, 0.05) is 55.1 Å². The van der Waals surface area contributed by atoms with Gasteiger partial charge in [-0.2, -0.15) is 4.91 Å². The first-order valence-electron chi connectivity index (χ1n) is 28.2. The highest BCUT2D eigenvalue weighted by atomic mass is 16.7. The summed E-state index contributed by atoms with van der Waals surface area (Å²) in [4.78, 5) is 66.9. The highest BCUT2D eigenvalue weighted by molar-refractivity contribution is 5.93. The fourth-order valence-corrected chi connectivity index (χ4v) is 12.1. The number of pyridine rings is 1. The molecule has 23 heteroatoms. The van der Waals surface area contributed by atoms with E-state index in [1.807, 2.05) is 30.5 Å². The average Bonchev–Trinajstić information content (AvgIpc) is 4.25. The van der Waals surface area contributed by atoms with Crippen molar-refractivity contribution >= 4 is 28.8 Å². The summed E-state index contributed by atoms with van der Waals surface area (Å²) in [7, 11) is 5.13. The molecule has 19 atom stereocenters. The molecule has 0 radical (unpaired) electrons. The van der Waals surface area contributed by atoms with Crippen molar-refractivity contribution in [3.8, 4) is 5.75 Å². The summed E-state index contributed by atoms with van der Waals surface area (Å²) in [6, 6.07) is 3.54. The van der Waals surface area contributed by atoms with Crippen molar-refractivity contribution in [2.45, 2.75) is 211 Å². The van der Waals surface area contributed by atoms with Crippen LogP contribution in [0.1, 0.15) is 131 Å². The van der Waals surface area contributed by atoms with E-state index in [1.54, 1.807) is 66.7 Å². The van der Waals surface area contributed by atoms with E-state index in [-0.39, 0.29) is 82.5 Å². The summed E-state index contributed by atoms with van der Waals surface area (Å²) in [5, 5.41) is 61.3. The lowest BCUT2D eigenvalue weighted by atomic mass is 9.72. The lowest BCUT2D eigenvalue weighted by molar-refractivity contribution is -0.319. The number of carboxylic acid groups (broad SMARTS) is 1. The number of aromatic carboxylic acids is 1. The van der Waals surface area contributed by atoms with Crippen molar-refractivity contribution in [2.24, 2.45) is 28.8 Å². The molecule has 3 unspecified atom stereocenters. The third kappa shape index (κ3) is 15.1. The van der Waals surface area contributed by atoms with Gasteiger partial charge in [-0.3, -0.25) is 14.4 Å². The van der Waals surface area contributed by atoms with Gasteiger partial charge in [0.2, 0.25) is 5.43 Å². The Morgan fingerprint density at radius 1 is 0.887 bits per heavy atom. The Labute approximate surface area is 468 Å². The number of fused-ring (bicyclic) bond motifs is 1. The maximum absolute atomic E-state index is 14.5. The molecule has 1 aliphatic carbocycles. The van der Waals surface area contributed by atoms with Gasteiger partial charge in [-0.05, 0) is 106 Å². The molecule has 0 spiro atoms. The SMILES string of the molecule is CC[C@H]1OC(=O)[C@H](C)[C@@H](OC2C[C@@](C)(OC)[C@@H](OC(=O)CCOCCOCCOc3ccc4c(=O)c(C(=O)O)cn(C5CC5)c4c3)[C@H](C)O2)[C@H](C)[C@@H](OC2O[C@H](C)C[C@H](N(C)C)[C@H]2O)[C@](C)(O)C[C@@H](C)C(N=O)[C@H](C)[C@@H](O)[C@]1(C)O. The van der Waals surface area contributed by atoms with E-state index in [0.717, 1.165) is 12.8 Å². The molecule has 80 heavy (non-hydrogen) atoms. The topological polar surface area (TPSA) is 299 Å². The number of cyclic esters (lactones) is 1. The number of carboxylic acids is 1. The Balaban J connectivity index is 1.10. The zero-order valence-electron chi connectivity index (χ0n) is 48.8. The quantitative estimate of drug-likeness (QED) is 0.0640. The summed E-state index contributed by atoms with van der Waals surface area (Å²) in [5.41, 5.74) is -5.31. The molecule has 4 heterocycles. The minimum atomic E-state index is -2.04. The van der Waals surface area contributed by atoms with Crippen LogP contribution in [0.15, 0.2) is 34.4 Å². The van der Waals surface area contributed by atoms with Gasteiger partial charge in [0.05, 0.1) is 86.4 Å². The first-order chi connectivity index (χ1) is 37.6. The normalized spacial score (nSPS) is 37.6. The number of ether oxygens (including phenoxy) is 10. The second kappa shape index (κ2) is 27.4. The molecule has 4 aliphatic rings. The monoisotopic (exact) mass is 1140 g/mol. The molecule has 4 fully saturated rings. The molecule has 452 valence electrons. The zero-order valence-corrected chi connectivity index (χ0v) is 48.8. The number of aliphatic hydroxyl groups is 4. The highest BCUT2D eigenvalue weighted by Gasteiger charge is 2.55. The van der Waals surface area contributed by atoms with Crippen LogP contribution < -0.4 is 10.2 Å². The van der Waals surface area contributed by atoms with E-state index in [4.69, 9.17) is 47.4 Å². The van der Waals surface area contributed by atoms with Gasteiger partial charge < -0.3 is 82.4 Å². The Morgan fingerprint density at radius 3 is 2.16 bits per heavy atom. The van der Waals surface area contributed by atoms with E-state index in [1.165, 1.54) is 27.2 Å². The second-order valence-corrected chi connectivity index (χ2v) is 23.6. The van der Waals surface area contributed by atoms with Crippen molar-refractivity contribution in [1.82, 2.24) is 9.47 Å². The first kappa shape index (κ1) is 64.9. The summed E-state index contributed by atoms with van der Waals surface area (Å²) >= 11 is 0. The number of nitrogens with zero attached hydrogens (tertiary/aromatic N) is 3. The third-order valence-electron chi connectivity index (χ3n) is 16.9. The molecule has 1 aromatic heterocycles. The highest BCUT2D eigenvalue weighted by Crippen LogP contribution is 2.43. The number of aliphatic hydroxyl groups excluding tert-OH is 2. The maximum atomic E-state index is 14.5. The standard InChI is InChI=1S/C57H89N3O20/c1-14-42-57(10,69)49(64)32(4)45(58-70)30(2)27-55(8,68)50(80-54-47(63)41(59(11)12)25-31(3)75-54)33(5)48(34(6)53(67)77-42)79-44-28-56(9,71-13)51(35(7)76-44)78-43(61)19-20-72-21-22-73-23-24-74-37-17-18-38-40(26-37)60(36-15-16-36)29-39(46(38)62)52(65)66/h17-18,26,29-36,41-42,44-45,47-51,54,63-64,68-69H,14-16,19-25,27-28H2,1-13H3,(H,65,66)/t30-,31-,32+,33+,34-,35+,41+,42-,44?,45?,47-,48+,49-,50-,51+,54?,55-,56-,57-/m1/s1. The minimum absolute atomic E-state index is 0.0150. The fraction of sp³-hybridized carbons (Fsp3) is 0.789. The second-order valence-electron chi connectivity index (χ2n) is 23.6. The number of carbonyl (C=O) groups is 3. The molecule has 3 aliphatic heterocycles. The number of nitroso groups, excluding NO2 is 1. The molecule has 1 saturated carbocycles. The van der Waals surface area contributed by atoms with Crippen LogP contribution >= 0.6 is 0 Å².